The molecule has 96 valence electrons. The fraction of sp³-hybridized carbons (Fsp3) is 0.533. The quantitative estimate of drug-likeness (QED) is 0.900. The van der Waals surface area contributed by atoms with Crippen molar-refractivity contribution in [3.8, 4) is 0 Å². The molecule has 18 heavy (non-hydrogen) atoms. The van der Waals surface area contributed by atoms with Crippen molar-refractivity contribution in [1.82, 2.24) is 9.55 Å². The van der Waals surface area contributed by atoms with E-state index in [-0.39, 0.29) is 0 Å². The number of nitrogens with zero attached hydrogens (tertiary/aromatic N) is 2. The van der Waals surface area contributed by atoms with Gasteiger partial charge in [-0.3, -0.25) is 0 Å². The number of para-hydroxylation sites is 2. The largest absolute Gasteiger partial charge is 0.328 e. The summed E-state index contributed by atoms with van der Waals surface area (Å²) in [6.07, 6.45) is 5.63. The molecular weight excluding hydrogens is 222 g/mol. The molecular formula is C15H21N3. The molecule has 2 aromatic rings. The molecule has 2 atom stereocenters. The first kappa shape index (κ1) is 11.7. The second-order valence-electron chi connectivity index (χ2n) is 5.36. The average Bonchev–Trinajstić information content (AvgIpc) is 2.92. The van der Waals surface area contributed by atoms with Crippen LogP contribution in [0.25, 0.3) is 11.0 Å². The first-order valence-electron chi connectivity index (χ1n) is 7.01. The van der Waals surface area contributed by atoms with Gasteiger partial charge in [-0.2, -0.15) is 0 Å². The zero-order valence-electron chi connectivity index (χ0n) is 11.0. The number of imidazole rings is 1. The van der Waals surface area contributed by atoms with Crippen LogP contribution in [-0.4, -0.2) is 15.6 Å². The molecule has 0 amide bonds. The van der Waals surface area contributed by atoms with Gasteiger partial charge >= 0.3 is 0 Å². The Balaban J connectivity index is 2.09. The predicted octanol–water partition coefficient (Wildman–Crippen LogP) is 3.04. The summed E-state index contributed by atoms with van der Waals surface area (Å²) in [4.78, 5) is 4.79. The summed E-state index contributed by atoms with van der Waals surface area (Å²) in [6.45, 7) is 2.21. The number of fused-ring (bicyclic) bond motifs is 1. The van der Waals surface area contributed by atoms with Crippen molar-refractivity contribution in [2.75, 3.05) is 0 Å². The van der Waals surface area contributed by atoms with Gasteiger partial charge in [-0.15, -0.1) is 0 Å². The summed E-state index contributed by atoms with van der Waals surface area (Å²) >= 11 is 0. The Kier molecular flexibility index (Phi) is 3.08. The van der Waals surface area contributed by atoms with E-state index in [1.165, 1.54) is 17.8 Å². The number of benzene rings is 1. The molecule has 1 aliphatic rings. The minimum atomic E-state index is 0.366. The smallest absolute Gasteiger partial charge is 0.110 e. The number of aromatic nitrogens is 2. The Morgan fingerprint density at radius 3 is 2.89 bits per heavy atom. The molecule has 3 nitrogen and oxygen atoms in total. The van der Waals surface area contributed by atoms with Gasteiger partial charge in [0.15, 0.2) is 0 Å². The average molecular weight is 243 g/mol. The van der Waals surface area contributed by atoms with Gasteiger partial charge < -0.3 is 10.3 Å². The van der Waals surface area contributed by atoms with Crippen molar-refractivity contribution in [3.05, 3.63) is 30.1 Å². The van der Waals surface area contributed by atoms with Crippen LogP contribution in [0.2, 0.25) is 0 Å². The first-order valence-corrected chi connectivity index (χ1v) is 7.01. The van der Waals surface area contributed by atoms with E-state index in [0.29, 0.717) is 12.1 Å². The second-order valence-corrected chi connectivity index (χ2v) is 5.36. The third-order valence-corrected chi connectivity index (χ3v) is 3.95. The lowest BCUT2D eigenvalue weighted by atomic mass is 10.2. The number of hydrogen-bond donors (Lipinski definition) is 1. The lowest BCUT2D eigenvalue weighted by Gasteiger charge is -2.16. The number of hydrogen-bond acceptors (Lipinski definition) is 2. The van der Waals surface area contributed by atoms with Gasteiger partial charge in [-0.05, 0) is 37.8 Å². The lowest BCUT2D eigenvalue weighted by molar-refractivity contribution is 0.501. The SMILES string of the molecule is CCCc1nc2ccccc2n1C1CCC(N)C1. The van der Waals surface area contributed by atoms with Gasteiger partial charge in [0.05, 0.1) is 11.0 Å². The highest BCUT2D eigenvalue weighted by Crippen LogP contribution is 2.33. The van der Waals surface area contributed by atoms with Crippen LogP contribution in [0.1, 0.15) is 44.5 Å². The number of rotatable bonds is 3. The summed E-state index contributed by atoms with van der Waals surface area (Å²) in [6, 6.07) is 9.38. The van der Waals surface area contributed by atoms with E-state index in [9.17, 15) is 0 Å². The summed E-state index contributed by atoms with van der Waals surface area (Å²) in [7, 11) is 0. The van der Waals surface area contributed by atoms with Gasteiger partial charge in [0.1, 0.15) is 5.82 Å². The van der Waals surface area contributed by atoms with Gasteiger partial charge in [-0.25, -0.2) is 4.98 Å². The third kappa shape index (κ3) is 1.93. The van der Waals surface area contributed by atoms with Crippen LogP contribution >= 0.6 is 0 Å². The van der Waals surface area contributed by atoms with E-state index < -0.39 is 0 Å². The number of nitrogens with two attached hydrogens (primary N) is 1. The molecule has 0 saturated heterocycles. The zero-order valence-corrected chi connectivity index (χ0v) is 11.0. The summed E-state index contributed by atoms with van der Waals surface area (Å²) in [5.41, 5.74) is 8.47. The van der Waals surface area contributed by atoms with Crippen molar-refractivity contribution in [2.45, 2.75) is 51.1 Å². The molecule has 1 aromatic carbocycles. The highest BCUT2D eigenvalue weighted by atomic mass is 15.1. The highest BCUT2D eigenvalue weighted by molar-refractivity contribution is 5.76. The van der Waals surface area contributed by atoms with E-state index in [4.69, 9.17) is 10.7 Å². The molecule has 3 heteroatoms. The van der Waals surface area contributed by atoms with Crippen LogP contribution in [0, 0.1) is 0 Å². The molecule has 3 rings (SSSR count). The van der Waals surface area contributed by atoms with Crippen molar-refractivity contribution in [3.63, 3.8) is 0 Å². The van der Waals surface area contributed by atoms with E-state index in [0.717, 1.165) is 31.2 Å². The Hall–Kier alpha value is -1.35. The monoisotopic (exact) mass is 243 g/mol. The zero-order chi connectivity index (χ0) is 12.5. The molecule has 2 unspecified atom stereocenters. The van der Waals surface area contributed by atoms with E-state index in [1.807, 2.05) is 0 Å². The lowest BCUT2D eigenvalue weighted by Crippen LogP contribution is -2.16. The molecule has 2 N–H and O–H groups in total. The normalized spacial score (nSPS) is 23.9. The summed E-state index contributed by atoms with van der Waals surface area (Å²) in [5.74, 6) is 1.23. The molecule has 0 aliphatic heterocycles. The van der Waals surface area contributed by atoms with Crippen molar-refractivity contribution >= 4 is 11.0 Å². The second kappa shape index (κ2) is 4.73. The topological polar surface area (TPSA) is 43.8 Å². The van der Waals surface area contributed by atoms with Crippen LogP contribution in [0.3, 0.4) is 0 Å². The summed E-state index contributed by atoms with van der Waals surface area (Å²) < 4.78 is 2.45. The van der Waals surface area contributed by atoms with Crippen LogP contribution in [0.15, 0.2) is 24.3 Å². The maximum Gasteiger partial charge on any atom is 0.110 e. The van der Waals surface area contributed by atoms with Crippen LogP contribution in [0.4, 0.5) is 0 Å². The van der Waals surface area contributed by atoms with Crippen LogP contribution < -0.4 is 5.73 Å². The predicted molar refractivity (Wildman–Crippen MR) is 74.6 cm³/mol. The van der Waals surface area contributed by atoms with E-state index in [1.54, 1.807) is 0 Å². The van der Waals surface area contributed by atoms with Crippen molar-refractivity contribution < 1.29 is 0 Å². The van der Waals surface area contributed by atoms with Gasteiger partial charge in [0.25, 0.3) is 0 Å². The van der Waals surface area contributed by atoms with Crippen LogP contribution in [0.5, 0.6) is 0 Å². The van der Waals surface area contributed by atoms with Gasteiger partial charge in [-0.1, -0.05) is 19.1 Å². The molecule has 0 bridgehead atoms. The molecule has 1 fully saturated rings. The molecule has 1 aromatic heterocycles. The molecule has 1 heterocycles. The van der Waals surface area contributed by atoms with E-state index in [2.05, 4.69) is 35.8 Å². The minimum absolute atomic E-state index is 0.366. The minimum Gasteiger partial charge on any atom is -0.328 e. The van der Waals surface area contributed by atoms with Crippen molar-refractivity contribution in [1.29, 1.82) is 0 Å². The molecule has 1 saturated carbocycles. The maximum atomic E-state index is 6.07. The first-order chi connectivity index (χ1) is 8.79. The third-order valence-electron chi connectivity index (χ3n) is 3.95. The fourth-order valence-corrected chi connectivity index (χ4v) is 3.13. The van der Waals surface area contributed by atoms with Gasteiger partial charge in [0.2, 0.25) is 0 Å². The molecule has 0 radical (unpaired) electrons. The Morgan fingerprint density at radius 1 is 1.33 bits per heavy atom. The molecule has 1 aliphatic carbocycles. The van der Waals surface area contributed by atoms with Crippen molar-refractivity contribution in [2.24, 2.45) is 5.73 Å². The number of aryl methyl sites for hydroxylation is 1. The fourth-order valence-electron chi connectivity index (χ4n) is 3.13. The summed E-state index contributed by atoms with van der Waals surface area (Å²) in [5, 5.41) is 0. The van der Waals surface area contributed by atoms with E-state index >= 15 is 0 Å². The highest BCUT2D eigenvalue weighted by Gasteiger charge is 2.26. The maximum absolute atomic E-state index is 6.07. The Bertz CT molecular complexity index is 544. The Labute approximate surface area is 108 Å². The standard InChI is InChI=1S/C15H21N3/c1-2-5-15-17-13-6-3-4-7-14(13)18(15)12-9-8-11(16)10-12/h3-4,6-7,11-12H,2,5,8-10,16H2,1H3. The Morgan fingerprint density at radius 2 is 2.17 bits per heavy atom. The van der Waals surface area contributed by atoms with Gasteiger partial charge in [0, 0.05) is 18.5 Å². The van der Waals surface area contributed by atoms with Crippen LogP contribution in [-0.2, 0) is 6.42 Å². The molecule has 0 spiro atoms.